The van der Waals surface area contributed by atoms with E-state index in [1.165, 1.54) is 6.20 Å². The van der Waals surface area contributed by atoms with Gasteiger partial charge in [-0.2, -0.15) is 0 Å². The molecule has 3 atom stereocenters. The molecule has 1 saturated heterocycles. The summed E-state index contributed by atoms with van der Waals surface area (Å²) in [5, 5.41) is 9.65. The minimum Gasteiger partial charge on any atom is -0.477 e. The molecule has 0 spiro atoms. The summed E-state index contributed by atoms with van der Waals surface area (Å²) in [6.07, 6.45) is 3.87. The number of nitrogens with two attached hydrogens (primary N) is 1. The number of hydrogen-bond donors (Lipinski definition) is 2. The molecule has 3 fully saturated rings. The average Bonchev–Trinajstić information content (AvgIpc) is 3.50. The number of fused-ring (bicyclic) bond motifs is 1. The predicted octanol–water partition coefficient (Wildman–Crippen LogP) is 2.30. The standard InChI is InChI=1S/C20H22FN3O3/c21-15-8-17(15)24-10-14(19(26)27)18(25)13-2-1-12(7-16(13)24)23-6-3-11(9-23)20(22)4-5-20/h1-2,7,10-11,15,17H,3-6,8-9,22H2,(H,26,27). The largest absolute Gasteiger partial charge is 0.477 e. The number of nitrogens with zero attached hydrogens (tertiary/aromatic N) is 2. The van der Waals surface area contributed by atoms with Crippen molar-refractivity contribution < 1.29 is 14.3 Å². The van der Waals surface area contributed by atoms with E-state index in [-0.39, 0.29) is 11.1 Å². The fourth-order valence-corrected chi connectivity index (χ4v) is 4.42. The third-order valence-corrected chi connectivity index (χ3v) is 6.48. The molecule has 2 aliphatic carbocycles. The van der Waals surface area contributed by atoms with Gasteiger partial charge in [0.25, 0.3) is 0 Å². The third-order valence-electron chi connectivity index (χ3n) is 6.48. The molecule has 1 aromatic heterocycles. The zero-order chi connectivity index (χ0) is 18.9. The first-order valence-corrected chi connectivity index (χ1v) is 9.47. The summed E-state index contributed by atoms with van der Waals surface area (Å²) >= 11 is 0. The second kappa shape index (κ2) is 5.55. The number of aromatic carboxylic acids is 1. The number of carboxylic acid groups (broad SMARTS) is 1. The lowest BCUT2D eigenvalue weighted by Gasteiger charge is -2.22. The number of carbonyl (C=O) groups is 1. The van der Waals surface area contributed by atoms with Crippen LogP contribution in [-0.4, -0.2) is 40.4 Å². The topological polar surface area (TPSA) is 88.6 Å². The molecular formula is C20H22FN3O3. The Balaban J connectivity index is 1.58. The fraction of sp³-hybridized carbons (Fsp3) is 0.500. The Hall–Kier alpha value is -2.41. The normalized spacial score (nSPS) is 28.5. The number of carboxylic acids is 1. The first-order valence-electron chi connectivity index (χ1n) is 9.47. The van der Waals surface area contributed by atoms with Gasteiger partial charge in [-0.25, -0.2) is 9.18 Å². The molecule has 1 aromatic carbocycles. The number of rotatable bonds is 4. The lowest BCUT2D eigenvalue weighted by atomic mass is 9.97. The fourth-order valence-electron chi connectivity index (χ4n) is 4.42. The van der Waals surface area contributed by atoms with Crippen molar-refractivity contribution in [3.8, 4) is 0 Å². The Morgan fingerprint density at radius 3 is 2.70 bits per heavy atom. The number of pyridine rings is 1. The number of benzene rings is 1. The van der Waals surface area contributed by atoms with Gasteiger partial charge in [0.15, 0.2) is 0 Å². The number of halogens is 1. The molecule has 0 bridgehead atoms. The highest BCUT2D eigenvalue weighted by Crippen LogP contribution is 2.45. The first kappa shape index (κ1) is 16.7. The predicted molar refractivity (Wildman–Crippen MR) is 100 cm³/mol. The molecule has 1 aliphatic heterocycles. The van der Waals surface area contributed by atoms with E-state index in [1.54, 1.807) is 10.6 Å². The molecule has 2 heterocycles. The van der Waals surface area contributed by atoms with Crippen molar-refractivity contribution in [2.45, 2.75) is 43.4 Å². The Kier molecular flexibility index (Phi) is 3.44. The first-order chi connectivity index (χ1) is 12.9. The van der Waals surface area contributed by atoms with Crippen molar-refractivity contribution in [3.05, 3.63) is 40.2 Å². The SMILES string of the molecule is NC1(C2CCN(c3ccc4c(=O)c(C(=O)O)cn(C5CC5F)c4c3)C2)CC1. The van der Waals surface area contributed by atoms with Gasteiger partial charge in [0.05, 0.1) is 11.6 Å². The molecule has 142 valence electrons. The number of alkyl halides is 1. The molecule has 2 saturated carbocycles. The lowest BCUT2D eigenvalue weighted by molar-refractivity contribution is 0.0694. The van der Waals surface area contributed by atoms with Crippen molar-refractivity contribution in [2.75, 3.05) is 18.0 Å². The van der Waals surface area contributed by atoms with E-state index in [1.807, 2.05) is 12.1 Å². The Morgan fingerprint density at radius 1 is 1.33 bits per heavy atom. The van der Waals surface area contributed by atoms with E-state index in [4.69, 9.17) is 5.73 Å². The van der Waals surface area contributed by atoms with E-state index >= 15 is 0 Å². The molecule has 2 aromatic rings. The van der Waals surface area contributed by atoms with Crippen molar-refractivity contribution in [2.24, 2.45) is 11.7 Å². The molecule has 3 aliphatic rings. The highest BCUT2D eigenvalue weighted by atomic mass is 19.1. The van der Waals surface area contributed by atoms with Gasteiger partial charge < -0.3 is 20.3 Å². The van der Waals surface area contributed by atoms with Crippen LogP contribution in [0.3, 0.4) is 0 Å². The monoisotopic (exact) mass is 371 g/mol. The van der Waals surface area contributed by atoms with Gasteiger partial charge >= 0.3 is 5.97 Å². The highest BCUT2D eigenvalue weighted by Gasteiger charge is 2.48. The van der Waals surface area contributed by atoms with Crippen molar-refractivity contribution >= 4 is 22.6 Å². The van der Waals surface area contributed by atoms with Crippen LogP contribution in [0.15, 0.2) is 29.2 Å². The maximum atomic E-state index is 13.7. The zero-order valence-electron chi connectivity index (χ0n) is 14.9. The summed E-state index contributed by atoms with van der Waals surface area (Å²) < 4.78 is 15.4. The van der Waals surface area contributed by atoms with Gasteiger partial charge in [-0.1, -0.05) is 0 Å². The maximum absolute atomic E-state index is 13.7. The van der Waals surface area contributed by atoms with E-state index in [9.17, 15) is 19.1 Å². The van der Waals surface area contributed by atoms with Gasteiger partial charge in [-0.05, 0) is 43.4 Å². The molecule has 0 amide bonds. The smallest absolute Gasteiger partial charge is 0.341 e. The molecule has 6 nitrogen and oxygen atoms in total. The van der Waals surface area contributed by atoms with Crippen molar-refractivity contribution in [1.82, 2.24) is 4.57 Å². The quantitative estimate of drug-likeness (QED) is 0.861. The molecule has 3 unspecified atom stereocenters. The number of aromatic nitrogens is 1. The van der Waals surface area contributed by atoms with Crippen molar-refractivity contribution in [3.63, 3.8) is 0 Å². The second-order valence-electron chi connectivity index (χ2n) is 8.27. The van der Waals surface area contributed by atoms with Gasteiger partial charge in [-0.15, -0.1) is 0 Å². The summed E-state index contributed by atoms with van der Waals surface area (Å²) in [5.41, 5.74) is 7.10. The lowest BCUT2D eigenvalue weighted by Crippen LogP contribution is -2.34. The van der Waals surface area contributed by atoms with E-state index in [0.29, 0.717) is 23.2 Å². The highest BCUT2D eigenvalue weighted by molar-refractivity contribution is 5.93. The minimum absolute atomic E-state index is 0.0143. The van der Waals surface area contributed by atoms with Crippen LogP contribution >= 0.6 is 0 Å². The Morgan fingerprint density at radius 2 is 2.07 bits per heavy atom. The van der Waals surface area contributed by atoms with Gasteiger partial charge in [0.2, 0.25) is 5.43 Å². The Bertz CT molecular complexity index is 1010. The summed E-state index contributed by atoms with van der Waals surface area (Å²) in [7, 11) is 0. The molecule has 27 heavy (non-hydrogen) atoms. The van der Waals surface area contributed by atoms with E-state index in [0.717, 1.165) is 38.0 Å². The van der Waals surface area contributed by atoms with Gasteiger partial charge in [0.1, 0.15) is 11.7 Å². The third kappa shape index (κ3) is 2.64. The zero-order valence-corrected chi connectivity index (χ0v) is 14.9. The van der Waals surface area contributed by atoms with Crippen LogP contribution in [0.5, 0.6) is 0 Å². The minimum atomic E-state index is -1.28. The number of anilines is 1. The van der Waals surface area contributed by atoms with Crippen LogP contribution in [0.4, 0.5) is 10.1 Å². The molecule has 3 N–H and O–H groups in total. The molecule has 7 heteroatoms. The molecule has 5 rings (SSSR count). The van der Waals surface area contributed by atoms with Crippen molar-refractivity contribution in [1.29, 1.82) is 0 Å². The second-order valence-corrected chi connectivity index (χ2v) is 8.27. The van der Waals surface area contributed by atoms with Crippen LogP contribution in [-0.2, 0) is 0 Å². The molecule has 0 radical (unpaired) electrons. The van der Waals surface area contributed by atoms with E-state index < -0.39 is 23.6 Å². The average molecular weight is 371 g/mol. The van der Waals surface area contributed by atoms with Gasteiger partial charge in [-0.3, -0.25) is 4.79 Å². The maximum Gasteiger partial charge on any atom is 0.341 e. The van der Waals surface area contributed by atoms with Crippen LogP contribution in [0.2, 0.25) is 0 Å². The van der Waals surface area contributed by atoms with Crippen LogP contribution in [0, 0.1) is 5.92 Å². The Labute approximate surface area is 155 Å². The van der Waals surface area contributed by atoms with E-state index in [2.05, 4.69) is 4.90 Å². The van der Waals surface area contributed by atoms with Gasteiger partial charge in [0, 0.05) is 42.3 Å². The van der Waals surface area contributed by atoms with Crippen LogP contribution in [0.1, 0.15) is 42.1 Å². The van der Waals surface area contributed by atoms with Crippen LogP contribution in [0.25, 0.3) is 10.9 Å². The summed E-state index contributed by atoms with van der Waals surface area (Å²) in [6.45, 7) is 1.79. The summed E-state index contributed by atoms with van der Waals surface area (Å²) in [6, 6.07) is 5.03. The summed E-state index contributed by atoms with van der Waals surface area (Å²) in [5.74, 6) is -0.806. The summed E-state index contributed by atoms with van der Waals surface area (Å²) in [4.78, 5) is 26.2. The number of hydrogen-bond acceptors (Lipinski definition) is 4. The molecular weight excluding hydrogens is 349 g/mol. The van der Waals surface area contributed by atoms with Crippen LogP contribution < -0.4 is 16.1 Å².